The number of allylic oxidation sites excluding steroid dienone is 2. The summed E-state index contributed by atoms with van der Waals surface area (Å²) < 4.78 is 2.55. The van der Waals surface area contributed by atoms with Crippen LogP contribution >= 0.6 is 28.6 Å². The Morgan fingerprint density at radius 3 is 1.21 bits per heavy atom. The van der Waals surface area contributed by atoms with E-state index >= 15 is 0 Å². The number of hydrogen-bond donors (Lipinski definition) is 0. The molecular weight excluding hydrogens is 639 g/mol. The van der Waals surface area contributed by atoms with E-state index in [1.807, 2.05) is 0 Å². The van der Waals surface area contributed by atoms with E-state index in [0.29, 0.717) is 0 Å². The fraction of sp³-hybridized carbons (Fsp3) is 0.0667. The van der Waals surface area contributed by atoms with Crippen LogP contribution in [0.15, 0.2) is 121 Å². The second-order valence-electron chi connectivity index (χ2n) is 8.38. The van der Waals surface area contributed by atoms with Gasteiger partial charge in [0.15, 0.2) is 0 Å². The van der Waals surface area contributed by atoms with Crippen molar-refractivity contribution in [3.05, 3.63) is 144 Å². The molecule has 0 aliphatic carbocycles. The molecule has 33 heavy (non-hydrogen) atoms. The molecule has 0 heterocycles. The summed E-state index contributed by atoms with van der Waals surface area (Å²) in [7, 11) is 0. The van der Waals surface area contributed by atoms with E-state index in [0.717, 1.165) is 4.48 Å². The van der Waals surface area contributed by atoms with Crippen LogP contribution in [0.1, 0.15) is 22.3 Å². The molecule has 3 heteroatoms. The maximum atomic E-state index is 4.24. The maximum absolute atomic E-state index is 4.24. The fourth-order valence-corrected chi connectivity index (χ4v) is 12.6. The van der Waals surface area contributed by atoms with Gasteiger partial charge in [0.1, 0.15) is 0 Å². The van der Waals surface area contributed by atoms with Gasteiger partial charge >= 0.3 is 217 Å². The van der Waals surface area contributed by atoms with Gasteiger partial charge in [-0.1, -0.05) is 0 Å². The average Bonchev–Trinajstić information content (AvgIpc) is 2.85. The molecule has 0 saturated carbocycles. The SMILES string of the molecule is [CH3][Sn]([CH3])([Br])/[C](=C(/C(=C(\Br)c1ccccc1)c1ccccc1)c1ccccc1)c1ccccc1. The standard InChI is InChI=1S/C28H20Br.2CH3.BrH.Sn/c29-28(25-19-11-4-12-20-25)27(24-17-9-3-10-18-24)26(23-15-7-2-8-16-23)21-22-13-5-1-6-14-22;;;;/h1-20H;2*1H3;1H;/q;;;;+1/p-1/b26-21?,28-27-;;;;. The van der Waals surface area contributed by atoms with Crippen LogP contribution in [0.4, 0.5) is 0 Å². The van der Waals surface area contributed by atoms with Gasteiger partial charge in [-0.2, -0.15) is 0 Å². The molecule has 0 bridgehead atoms. The van der Waals surface area contributed by atoms with E-state index in [2.05, 4.69) is 160 Å². The molecule has 0 fully saturated rings. The van der Waals surface area contributed by atoms with Crippen LogP contribution in [0, 0.1) is 0 Å². The zero-order valence-corrected chi connectivity index (χ0v) is 24.8. The van der Waals surface area contributed by atoms with Crippen LogP contribution in [0.25, 0.3) is 19.2 Å². The Morgan fingerprint density at radius 1 is 0.485 bits per heavy atom. The molecule has 0 unspecified atom stereocenters. The summed E-state index contributed by atoms with van der Waals surface area (Å²) in [4.78, 5) is 4.86. The van der Waals surface area contributed by atoms with E-state index < -0.39 is 16.2 Å². The first-order valence-electron chi connectivity index (χ1n) is 11.0. The van der Waals surface area contributed by atoms with E-state index in [1.165, 1.54) is 37.0 Å². The number of rotatable bonds is 6. The predicted octanol–water partition coefficient (Wildman–Crippen LogP) is 9.70. The van der Waals surface area contributed by atoms with Crippen LogP contribution in [-0.4, -0.2) is 16.2 Å². The molecule has 0 atom stereocenters. The number of hydrogen-bond acceptors (Lipinski definition) is 0. The third-order valence-electron chi connectivity index (χ3n) is 5.53. The number of benzene rings is 4. The first-order valence-corrected chi connectivity index (χ1v) is 25.3. The molecule has 4 aromatic carbocycles. The third kappa shape index (κ3) is 5.79. The van der Waals surface area contributed by atoms with Gasteiger partial charge in [0.25, 0.3) is 0 Å². The molecule has 4 aromatic rings. The minimum absolute atomic E-state index is 1.10. The Labute approximate surface area is 215 Å². The molecule has 0 nitrogen and oxygen atoms in total. The van der Waals surface area contributed by atoms with E-state index in [-0.39, 0.29) is 0 Å². The molecular formula is C30H26Br2Sn. The van der Waals surface area contributed by atoms with Gasteiger partial charge < -0.3 is 0 Å². The average molecular weight is 665 g/mol. The number of halogens is 2. The van der Waals surface area contributed by atoms with Crippen molar-refractivity contribution in [3.63, 3.8) is 0 Å². The molecule has 0 N–H and O–H groups in total. The quantitative estimate of drug-likeness (QED) is 0.109. The summed E-state index contributed by atoms with van der Waals surface area (Å²) in [5.41, 5.74) is 7.39. The van der Waals surface area contributed by atoms with Crippen molar-refractivity contribution in [1.29, 1.82) is 0 Å². The van der Waals surface area contributed by atoms with Crippen molar-refractivity contribution in [2.24, 2.45) is 0 Å². The van der Waals surface area contributed by atoms with Gasteiger partial charge in [0, 0.05) is 0 Å². The van der Waals surface area contributed by atoms with Crippen molar-refractivity contribution in [2.45, 2.75) is 9.88 Å². The molecule has 0 saturated heterocycles. The summed E-state index contributed by atoms with van der Waals surface area (Å²) in [6.07, 6.45) is 0. The molecule has 164 valence electrons. The van der Waals surface area contributed by atoms with Crippen molar-refractivity contribution < 1.29 is 0 Å². The van der Waals surface area contributed by atoms with Gasteiger partial charge in [-0.15, -0.1) is 0 Å². The van der Waals surface area contributed by atoms with Gasteiger partial charge in [0.2, 0.25) is 0 Å². The second-order valence-corrected chi connectivity index (χ2v) is 32.3. The van der Waals surface area contributed by atoms with Crippen LogP contribution in [0.3, 0.4) is 0 Å². The minimum atomic E-state index is -2.85. The zero-order chi connectivity index (χ0) is 23.3. The topological polar surface area (TPSA) is 0 Å². The van der Waals surface area contributed by atoms with Crippen molar-refractivity contribution in [3.8, 4) is 0 Å². The normalized spacial score (nSPS) is 13.2. The van der Waals surface area contributed by atoms with Crippen molar-refractivity contribution in [2.75, 3.05) is 0 Å². The Hall–Kier alpha value is -1.88. The molecule has 0 aliphatic heterocycles. The molecule has 0 aliphatic rings. The van der Waals surface area contributed by atoms with Gasteiger partial charge in [-0.3, -0.25) is 0 Å². The Kier molecular flexibility index (Phi) is 8.10. The van der Waals surface area contributed by atoms with Crippen molar-refractivity contribution >= 4 is 64.0 Å². The van der Waals surface area contributed by atoms with Crippen LogP contribution in [0.5, 0.6) is 0 Å². The monoisotopic (exact) mass is 664 g/mol. The third-order valence-corrected chi connectivity index (χ3v) is 14.0. The van der Waals surface area contributed by atoms with E-state index in [1.54, 1.807) is 0 Å². The Morgan fingerprint density at radius 2 is 0.818 bits per heavy atom. The Bertz CT molecular complexity index is 1250. The summed E-state index contributed by atoms with van der Waals surface area (Å²) in [5.74, 6) is 0. The molecule has 4 rings (SSSR count). The van der Waals surface area contributed by atoms with Gasteiger partial charge in [-0.05, 0) is 0 Å². The fourth-order valence-electron chi connectivity index (χ4n) is 4.12. The first-order chi connectivity index (χ1) is 16.0. The van der Waals surface area contributed by atoms with Crippen LogP contribution in [-0.2, 0) is 0 Å². The van der Waals surface area contributed by atoms with Gasteiger partial charge in [0.05, 0.1) is 0 Å². The zero-order valence-electron chi connectivity index (χ0n) is 18.8. The van der Waals surface area contributed by atoms with E-state index in [4.69, 9.17) is 0 Å². The molecule has 0 aromatic heterocycles. The molecule has 0 spiro atoms. The van der Waals surface area contributed by atoms with Crippen LogP contribution in [0.2, 0.25) is 9.88 Å². The summed E-state index contributed by atoms with van der Waals surface area (Å²) in [6, 6.07) is 43.0. The summed E-state index contributed by atoms with van der Waals surface area (Å²) in [5, 5.41) is 0. The summed E-state index contributed by atoms with van der Waals surface area (Å²) in [6.45, 7) is 0. The predicted molar refractivity (Wildman–Crippen MR) is 155 cm³/mol. The Balaban J connectivity index is 2.19. The van der Waals surface area contributed by atoms with Gasteiger partial charge in [-0.25, -0.2) is 0 Å². The first kappa shape index (κ1) is 24.2. The van der Waals surface area contributed by atoms with E-state index in [9.17, 15) is 0 Å². The second kappa shape index (κ2) is 11.0. The molecule has 0 amide bonds. The van der Waals surface area contributed by atoms with Crippen molar-refractivity contribution in [1.82, 2.24) is 0 Å². The van der Waals surface area contributed by atoms with Crippen LogP contribution < -0.4 is 0 Å². The molecule has 0 radical (unpaired) electrons. The summed E-state index contributed by atoms with van der Waals surface area (Å²) >= 11 is 5.44.